The van der Waals surface area contributed by atoms with E-state index in [0.29, 0.717) is 12.2 Å². The van der Waals surface area contributed by atoms with Crippen molar-refractivity contribution in [1.82, 2.24) is 30.4 Å². The Bertz CT molecular complexity index is 888. The Morgan fingerprint density at radius 3 is 2.61 bits per heavy atom. The topological polar surface area (TPSA) is 93.8 Å². The van der Waals surface area contributed by atoms with Gasteiger partial charge in [-0.2, -0.15) is 23.4 Å². The molecule has 0 atom stereocenters. The zero-order valence-electron chi connectivity index (χ0n) is 14.9. The van der Waals surface area contributed by atoms with Crippen molar-refractivity contribution in [2.24, 2.45) is 0 Å². The highest BCUT2D eigenvalue weighted by atomic mass is 35.5. The minimum Gasteiger partial charge on any atom is -0.273 e. The van der Waals surface area contributed by atoms with Crippen LogP contribution in [0.4, 0.5) is 13.2 Å². The van der Waals surface area contributed by atoms with Crippen LogP contribution in [0.25, 0.3) is 0 Å². The molecule has 0 aliphatic heterocycles. The van der Waals surface area contributed by atoms with Gasteiger partial charge < -0.3 is 0 Å². The van der Waals surface area contributed by atoms with Crippen LogP contribution in [0, 0.1) is 0 Å². The fourth-order valence-electron chi connectivity index (χ4n) is 2.74. The van der Waals surface area contributed by atoms with Gasteiger partial charge in [-0.25, -0.2) is 0 Å². The third-order valence-electron chi connectivity index (χ3n) is 4.27. The average Bonchev–Trinajstić information content (AvgIpc) is 3.26. The average molecular weight is 419 g/mol. The van der Waals surface area contributed by atoms with Crippen LogP contribution in [0.5, 0.6) is 0 Å². The molecule has 0 aromatic carbocycles. The molecule has 2 aromatic heterocycles. The molecule has 12 heteroatoms. The maximum atomic E-state index is 12.9. The van der Waals surface area contributed by atoms with E-state index in [2.05, 4.69) is 21.0 Å². The third-order valence-corrected chi connectivity index (χ3v) is 4.55. The van der Waals surface area contributed by atoms with E-state index in [9.17, 15) is 22.8 Å². The summed E-state index contributed by atoms with van der Waals surface area (Å²) in [5, 5.41) is 7.64. The Labute approximate surface area is 163 Å². The van der Waals surface area contributed by atoms with Crippen molar-refractivity contribution < 1.29 is 22.8 Å². The first-order valence-corrected chi connectivity index (χ1v) is 9.04. The summed E-state index contributed by atoms with van der Waals surface area (Å²) in [4.78, 5) is 24.1. The van der Waals surface area contributed by atoms with E-state index in [1.807, 2.05) is 0 Å². The number of carbonyl (C=O) groups excluding carboxylic acids is 2. The molecule has 1 fully saturated rings. The molecular weight excluding hydrogens is 401 g/mol. The molecule has 1 aliphatic rings. The smallest absolute Gasteiger partial charge is 0.273 e. The van der Waals surface area contributed by atoms with E-state index < -0.39 is 23.7 Å². The van der Waals surface area contributed by atoms with Crippen molar-refractivity contribution >= 4 is 23.4 Å². The maximum absolute atomic E-state index is 12.9. The van der Waals surface area contributed by atoms with Gasteiger partial charge >= 0.3 is 6.18 Å². The molecule has 0 saturated heterocycles. The SMILES string of the molecule is CCn1ncc(Cl)c1C(=O)NNC(=O)CCn1nc(C(F)(F)F)cc1C1CC1. The van der Waals surface area contributed by atoms with E-state index >= 15 is 0 Å². The first-order chi connectivity index (χ1) is 13.2. The van der Waals surface area contributed by atoms with Crippen LogP contribution < -0.4 is 10.9 Å². The quantitative estimate of drug-likeness (QED) is 0.705. The number of nitrogens with zero attached hydrogens (tertiary/aromatic N) is 4. The molecule has 1 aliphatic carbocycles. The first-order valence-electron chi connectivity index (χ1n) is 8.66. The Balaban J connectivity index is 1.57. The molecule has 2 aromatic rings. The van der Waals surface area contributed by atoms with Crippen LogP contribution in [0.3, 0.4) is 0 Å². The molecule has 28 heavy (non-hydrogen) atoms. The lowest BCUT2D eigenvalue weighted by Gasteiger charge is -2.10. The number of aryl methyl sites for hydroxylation is 2. The molecule has 2 amide bonds. The van der Waals surface area contributed by atoms with Gasteiger partial charge in [0, 0.05) is 24.6 Å². The van der Waals surface area contributed by atoms with Gasteiger partial charge in [0.05, 0.1) is 17.8 Å². The van der Waals surface area contributed by atoms with Crippen LogP contribution in [0.15, 0.2) is 12.3 Å². The number of carbonyl (C=O) groups is 2. The second-order valence-corrected chi connectivity index (χ2v) is 6.77. The fourth-order valence-corrected chi connectivity index (χ4v) is 2.97. The number of rotatable bonds is 6. The lowest BCUT2D eigenvalue weighted by molar-refractivity contribution is -0.141. The summed E-state index contributed by atoms with van der Waals surface area (Å²) in [5.74, 6) is -1.17. The predicted molar refractivity (Wildman–Crippen MR) is 92.3 cm³/mol. The number of alkyl halides is 3. The van der Waals surface area contributed by atoms with Crippen LogP contribution >= 0.6 is 11.6 Å². The van der Waals surface area contributed by atoms with Gasteiger partial charge in [0.25, 0.3) is 5.91 Å². The lowest BCUT2D eigenvalue weighted by atomic mass is 10.2. The fraction of sp³-hybridized carbons (Fsp3) is 0.500. The van der Waals surface area contributed by atoms with Gasteiger partial charge in [0.15, 0.2) is 5.69 Å². The van der Waals surface area contributed by atoms with Gasteiger partial charge in [-0.05, 0) is 25.8 Å². The highest BCUT2D eigenvalue weighted by Gasteiger charge is 2.37. The predicted octanol–water partition coefficient (Wildman–Crippen LogP) is 2.50. The van der Waals surface area contributed by atoms with Crippen molar-refractivity contribution in [3.63, 3.8) is 0 Å². The normalized spacial score (nSPS) is 14.2. The highest BCUT2D eigenvalue weighted by Crippen LogP contribution is 2.42. The largest absolute Gasteiger partial charge is 0.435 e. The van der Waals surface area contributed by atoms with Gasteiger partial charge in [-0.1, -0.05) is 11.6 Å². The van der Waals surface area contributed by atoms with Gasteiger partial charge in [-0.15, -0.1) is 0 Å². The van der Waals surface area contributed by atoms with Crippen LogP contribution in [-0.4, -0.2) is 31.4 Å². The van der Waals surface area contributed by atoms with Gasteiger partial charge in [0.2, 0.25) is 5.91 Å². The zero-order valence-corrected chi connectivity index (χ0v) is 15.6. The summed E-state index contributed by atoms with van der Waals surface area (Å²) in [7, 11) is 0. The second-order valence-electron chi connectivity index (χ2n) is 6.36. The molecule has 2 heterocycles. The number of nitrogens with one attached hydrogen (secondary N) is 2. The number of hydrazine groups is 1. The number of halogens is 4. The monoisotopic (exact) mass is 418 g/mol. The maximum Gasteiger partial charge on any atom is 0.435 e. The molecule has 0 radical (unpaired) electrons. The lowest BCUT2D eigenvalue weighted by Crippen LogP contribution is -2.42. The van der Waals surface area contributed by atoms with Crippen LogP contribution in [0.1, 0.15) is 54.0 Å². The van der Waals surface area contributed by atoms with Crippen molar-refractivity contribution in [3.8, 4) is 0 Å². The van der Waals surface area contributed by atoms with Crippen molar-refractivity contribution in [1.29, 1.82) is 0 Å². The molecule has 0 unspecified atom stereocenters. The number of hydrogen-bond acceptors (Lipinski definition) is 4. The molecule has 3 rings (SSSR count). The van der Waals surface area contributed by atoms with E-state index in [1.54, 1.807) is 6.92 Å². The molecule has 0 bridgehead atoms. The van der Waals surface area contributed by atoms with Crippen molar-refractivity contribution in [2.75, 3.05) is 0 Å². The molecule has 1 saturated carbocycles. The van der Waals surface area contributed by atoms with Gasteiger partial charge in [-0.3, -0.25) is 29.8 Å². The third kappa shape index (κ3) is 4.46. The number of aromatic nitrogens is 4. The summed E-state index contributed by atoms with van der Waals surface area (Å²) < 4.78 is 41.2. The molecule has 0 spiro atoms. The Morgan fingerprint density at radius 2 is 2.00 bits per heavy atom. The Kier molecular flexibility index (Phi) is 5.64. The molecule has 8 nitrogen and oxygen atoms in total. The highest BCUT2D eigenvalue weighted by molar-refractivity contribution is 6.33. The summed E-state index contributed by atoms with van der Waals surface area (Å²) in [6.07, 6.45) is -1.77. The minimum absolute atomic E-state index is 0.0305. The molecular formula is C16H18ClF3N6O2. The zero-order chi connectivity index (χ0) is 20.5. The van der Waals surface area contributed by atoms with E-state index in [0.717, 1.165) is 18.9 Å². The number of amides is 2. The van der Waals surface area contributed by atoms with E-state index in [1.165, 1.54) is 15.6 Å². The van der Waals surface area contributed by atoms with E-state index in [-0.39, 0.29) is 29.6 Å². The summed E-state index contributed by atoms with van der Waals surface area (Å²) in [6, 6.07) is 1.03. The summed E-state index contributed by atoms with van der Waals surface area (Å²) in [6.45, 7) is 2.15. The van der Waals surface area contributed by atoms with E-state index in [4.69, 9.17) is 11.6 Å². The van der Waals surface area contributed by atoms with Gasteiger partial charge in [0.1, 0.15) is 5.69 Å². The van der Waals surface area contributed by atoms with Crippen molar-refractivity contribution in [3.05, 3.63) is 34.4 Å². The first kappa shape index (κ1) is 20.2. The van der Waals surface area contributed by atoms with Crippen LogP contribution in [-0.2, 0) is 24.1 Å². The second kappa shape index (κ2) is 7.82. The molecule has 152 valence electrons. The Hall–Kier alpha value is -2.56. The summed E-state index contributed by atoms with van der Waals surface area (Å²) >= 11 is 5.91. The van der Waals surface area contributed by atoms with Crippen molar-refractivity contribution in [2.45, 2.75) is 51.4 Å². The minimum atomic E-state index is -4.54. The van der Waals surface area contributed by atoms with Crippen LogP contribution in [0.2, 0.25) is 5.02 Å². The molecule has 2 N–H and O–H groups in total. The Morgan fingerprint density at radius 1 is 1.29 bits per heavy atom. The standard InChI is InChI=1S/C16H18ClF3N6O2/c1-2-25-14(10(17)8-21-25)15(28)23-22-13(27)5-6-26-11(9-3-4-9)7-12(24-26)16(18,19)20/h7-9H,2-6H2,1H3,(H,22,27)(H,23,28). The number of hydrogen-bond donors (Lipinski definition) is 2. The summed E-state index contributed by atoms with van der Waals surface area (Å²) in [5.41, 5.74) is 4.05.